The number of aliphatic hydroxyl groups excluding tert-OH is 1. The molecule has 23 heavy (non-hydrogen) atoms. The van der Waals surface area contributed by atoms with E-state index >= 15 is 0 Å². The Morgan fingerprint density at radius 1 is 1.43 bits per heavy atom. The Morgan fingerprint density at radius 3 is 2.74 bits per heavy atom. The molecule has 0 bridgehead atoms. The van der Waals surface area contributed by atoms with Gasteiger partial charge in [-0.25, -0.2) is 4.79 Å². The van der Waals surface area contributed by atoms with Crippen LogP contribution in [0, 0.1) is 22.8 Å². The number of rotatable bonds is 6. The van der Waals surface area contributed by atoms with Gasteiger partial charge in [-0.15, -0.1) is 5.54 Å². The lowest BCUT2D eigenvalue weighted by molar-refractivity contribution is -0.137. The molecule has 1 atom stereocenters. The molecular formula is C16H23N2O4Si+. The predicted octanol–water partition coefficient (Wildman–Crippen LogP) is 3.36. The van der Waals surface area contributed by atoms with Gasteiger partial charge >= 0.3 is 17.6 Å². The van der Waals surface area contributed by atoms with Gasteiger partial charge in [-0.1, -0.05) is 37.7 Å². The maximum absolute atomic E-state index is 11.7. The number of aliphatic hydroxyl groups is 1. The Labute approximate surface area is 137 Å². The molecule has 7 heteroatoms. The van der Waals surface area contributed by atoms with Gasteiger partial charge in [0.25, 0.3) is 0 Å². The third kappa shape index (κ3) is 7.53. The van der Waals surface area contributed by atoms with Crippen LogP contribution in [-0.4, -0.2) is 32.4 Å². The molecular weight excluding hydrogens is 312 g/mol. The zero-order valence-electron chi connectivity index (χ0n) is 13.8. The van der Waals surface area contributed by atoms with Crippen LogP contribution in [0.5, 0.6) is 0 Å². The fourth-order valence-corrected chi connectivity index (χ4v) is 2.56. The van der Waals surface area contributed by atoms with Crippen molar-refractivity contribution in [3.63, 3.8) is 0 Å². The largest absolute Gasteiger partial charge is 0.547 e. The summed E-state index contributed by atoms with van der Waals surface area (Å²) in [7, 11) is -1.53. The molecule has 0 saturated heterocycles. The van der Waals surface area contributed by atoms with E-state index in [1.807, 2.05) is 0 Å². The van der Waals surface area contributed by atoms with E-state index in [-0.39, 0.29) is 13.2 Å². The van der Waals surface area contributed by atoms with E-state index in [1.54, 1.807) is 0 Å². The molecule has 0 aliphatic heterocycles. The van der Waals surface area contributed by atoms with E-state index in [4.69, 9.17) is 14.9 Å². The number of esters is 1. The summed E-state index contributed by atoms with van der Waals surface area (Å²) in [5, 5.41) is 18.5. The maximum Gasteiger partial charge on any atom is 0.547 e. The molecule has 0 saturated carbocycles. The zero-order valence-corrected chi connectivity index (χ0v) is 14.8. The van der Waals surface area contributed by atoms with E-state index in [9.17, 15) is 9.90 Å². The molecule has 0 fully saturated rings. The predicted molar refractivity (Wildman–Crippen MR) is 89.3 cm³/mol. The van der Waals surface area contributed by atoms with Crippen LogP contribution in [0.3, 0.4) is 0 Å². The number of allylic oxidation sites excluding steroid dienone is 2. The fraction of sp³-hybridized carbons (Fsp3) is 0.562. The van der Waals surface area contributed by atoms with Crippen molar-refractivity contribution in [2.24, 2.45) is 5.92 Å². The zero-order chi connectivity index (χ0) is 17.3. The molecule has 0 aromatic heterocycles. The first-order valence-electron chi connectivity index (χ1n) is 7.58. The van der Waals surface area contributed by atoms with Gasteiger partial charge in [0, 0.05) is 0 Å². The van der Waals surface area contributed by atoms with Crippen molar-refractivity contribution in [1.82, 2.24) is 0 Å². The van der Waals surface area contributed by atoms with Gasteiger partial charge < -0.3 is 14.6 Å². The average Bonchev–Trinajstić information content (AvgIpc) is 2.96. The van der Waals surface area contributed by atoms with E-state index in [0.717, 1.165) is 19.3 Å². The van der Waals surface area contributed by atoms with Crippen LogP contribution in [0.15, 0.2) is 23.8 Å². The Bertz CT molecular complexity index is 588. The summed E-state index contributed by atoms with van der Waals surface area (Å²) in [5.74, 6) is 1.45. The van der Waals surface area contributed by atoms with Crippen LogP contribution in [0.2, 0.25) is 19.6 Å². The van der Waals surface area contributed by atoms with Crippen molar-refractivity contribution in [3.05, 3.63) is 28.8 Å². The molecule has 1 unspecified atom stereocenters. The Balaban J connectivity index is 2.47. The lowest BCUT2D eigenvalue weighted by Gasteiger charge is -2.07. The van der Waals surface area contributed by atoms with Crippen molar-refractivity contribution in [3.8, 4) is 11.5 Å². The van der Waals surface area contributed by atoms with E-state index < -0.39 is 25.7 Å². The first-order valence-corrected chi connectivity index (χ1v) is 11.1. The maximum atomic E-state index is 11.7. The third-order valence-electron chi connectivity index (χ3n) is 3.07. The molecule has 0 spiro atoms. The van der Waals surface area contributed by atoms with E-state index in [0.29, 0.717) is 5.92 Å². The van der Waals surface area contributed by atoms with Crippen molar-refractivity contribution >= 4 is 14.0 Å². The van der Waals surface area contributed by atoms with E-state index in [1.165, 1.54) is 0 Å². The van der Waals surface area contributed by atoms with Crippen LogP contribution in [-0.2, 0) is 14.3 Å². The van der Waals surface area contributed by atoms with Crippen molar-refractivity contribution < 1.29 is 19.4 Å². The number of hydrogen-bond donors (Lipinski definition) is 1. The first kappa shape index (κ1) is 18.8. The number of diazo groups is 1. The summed E-state index contributed by atoms with van der Waals surface area (Å²) in [4.78, 5) is 14.5. The molecule has 1 rings (SSSR count). The fourth-order valence-electron chi connectivity index (χ4n) is 1.95. The lowest BCUT2D eigenvalue weighted by Crippen LogP contribution is -2.17. The second-order valence-electron chi connectivity index (χ2n) is 6.28. The monoisotopic (exact) mass is 335 g/mol. The highest BCUT2D eigenvalue weighted by Crippen LogP contribution is 2.20. The first-order chi connectivity index (χ1) is 10.8. The number of hydrogen-bond acceptors (Lipinski definition) is 5. The van der Waals surface area contributed by atoms with Crippen LogP contribution < -0.4 is 0 Å². The highest BCUT2D eigenvalue weighted by molar-refractivity contribution is 6.83. The van der Waals surface area contributed by atoms with Crippen molar-refractivity contribution in [2.45, 2.75) is 38.9 Å². The Hall–Kier alpha value is -2.25. The Morgan fingerprint density at radius 2 is 2.17 bits per heavy atom. The summed E-state index contributed by atoms with van der Waals surface area (Å²) in [6.45, 7) is 6.30. The number of ether oxygens (including phenoxy) is 2. The molecule has 124 valence electrons. The molecule has 1 N–H and O–H groups in total. The molecule has 0 heterocycles. The highest BCUT2D eigenvalue weighted by Gasteiger charge is 2.33. The summed E-state index contributed by atoms with van der Waals surface area (Å²) in [5.41, 5.74) is 2.38. The molecule has 1 aliphatic rings. The standard InChI is InChI=1S/C16H22N2O4Si/c1-23(2,3)12-6-10-21-15(19)14(18-17)16(20)22-11-9-13-7-4-5-8-13/h4,7,13H,5,8-11H2,1-3H3/p+1. The number of carbonyl (C=O) groups excluding carboxylic acids is 1. The quantitative estimate of drug-likeness (QED) is 0.153. The molecule has 0 amide bonds. The molecule has 0 aromatic carbocycles. The lowest BCUT2D eigenvalue weighted by atomic mass is 10.1. The highest BCUT2D eigenvalue weighted by atomic mass is 28.3. The second-order valence-corrected chi connectivity index (χ2v) is 11.0. The van der Waals surface area contributed by atoms with Gasteiger partial charge in [-0.3, -0.25) is 0 Å². The smallest absolute Gasteiger partial charge is 0.475 e. The molecule has 0 aromatic rings. The van der Waals surface area contributed by atoms with Crippen molar-refractivity contribution in [2.75, 3.05) is 13.2 Å². The van der Waals surface area contributed by atoms with Gasteiger partial charge in [0.1, 0.15) is 8.07 Å². The number of carbonyl (C=O) groups is 1. The van der Waals surface area contributed by atoms with Crippen LogP contribution in [0.1, 0.15) is 19.3 Å². The molecule has 1 aliphatic carbocycles. The summed E-state index contributed by atoms with van der Waals surface area (Å²) < 4.78 is 9.89. The van der Waals surface area contributed by atoms with Gasteiger partial charge in [-0.2, -0.15) is 0 Å². The molecule has 6 nitrogen and oxygen atoms in total. The van der Waals surface area contributed by atoms with Crippen molar-refractivity contribution in [1.29, 1.82) is 5.39 Å². The van der Waals surface area contributed by atoms with Crippen LogP contribution >= 0.6 is 0 Å². The summed E-state index contributed by atoms with van der Waals surface area (Å²) in [6.07, 6.45) is 7.04. The van der Waals surface area contributed by atoms with Crippen LogP contribution in [0.4, 0.5) is 0 Å². The van der Waals surface area contributed by atoms with Gasteiger partial charge in [0.05, 0.1) is 6.61 Å². The summed E-state index contributed by atoms with van der Waals surface area (Å²) in [6, 6.07) is 0. The average molecular weight is 335 g/mol. The van der Waals surface area contributed by atoms with Gasteiger partial charge in [-0.05, 0) is 25.2 Å². The van der Waals surface area contributed by atoms with Gasteiger partial charge in [0.15, 0.2) is 11.6 Å². The minimum atomic E-state index is -1.53. The summed E-state index contributed by atoms with van der Waals surface area (Å²) >= 11 is 0. The third-order valence-corrected chi connectivity index (χ3v) is 4.00. The normalized spacial score (nSPS) is 17.6. The SMILES string of the molecule is C[Si](C)(C)C#CCOC(=O)/C([N+]#N)=C(\O)OCCC1C=CCC1. The number of nitrogens with zero attached hydrogens (tertiary/aromatic N) is 2. The van der Waals surface area contributed by atoms with E-state index in [2.05, 4.69) is 48.2 Å². The van der Waals surface area contributed by atoms with Gasteiger partial charge in [0.2, 0.25) is 5.39 Å². The topological polar surface area (TPSA) is 83.9 Å². The second kappa shape index (κ2) is 9.01. The van der Waals surface area contributed by atoms with Crippen LogP contribution in [0.25, 0.3) is 4.98 Å². The minimum absolute atomic E-state index is 0.123. The molecule has 0 radical (unpaired) electrons. The minimum Gasteiger partial charge on any atom is -0.475 e. The Kier molecular flexibility index (Phi) is 7.37.